The number of benzene rings is 1. The maximum absolute atomic E-state index is 11.2. The first kappa shape index (κ1) is 20.0. The highest BCUT2D eigenvalue weighted by atomic mass is 32.2. The summed E-state index contributed by atoms with van der Waals surface area (Å²) in [6, 6.07) is 12.4. The minimum Gasteiger partial charge on any atom is -0.445 e. The predicted octanol–water partition coefficient (Wildman–Crippen LogP) is 5.11. The minimum absolute atomic E-state index is 0.174. The van der Waals surface area contributed by atoms with Crippen LogP contribution in [0.5, 0.6) is 0 Å². The van der Waals surface area contributed by atoms with Gasteiger partial charge in [-0.1, -0.05) is 43.8 Å². The maximum Gasteiger partial charge on any atom is 0.404 e. The number of primary amides is 1. The third-order valence-electron chi connectivity index (χ3n) is 4.50. The van der Waals surface area contributed by atoms with Gasteiger partial charge >= 0.3 is 6.09 Å². The van der Waals surface area contributed by atoms with Gasteiger partial charge in [-0.25, -0.2) is 4.79 Å². The number of aryl methyl sites for hydroxylation is 1. The SMILES string of the molecule is Cc1ccccc1Sc1c(C(C)C)c(COC(N)=O)cn1Cc1ccncc1. The number of ether oxygens (including phenoxy) is 1. The average Bonchev–Trinajstić information content (AvgIpc) is 3.00. The summed E-state index contributed by atoms with van der Waals surface area (Å²) in [5.74, 6) is 0.275. The largest absolute Gasteiger partial charge is 0.445 e. The number of carbonyl (C=O) groups excluding carboxylic acids is 1. The summed E-state index contributed by atoms with van der Waals surface area (Å²) in [7, 11) is 0. The molecule has 3 aromatic rings. The molecule has 6 heteroatoms. The number of pyridine rings is 1. The highest BCUT2D eigenvalue weighted by Gasteiger charge is 2.21. The van der Waals surface area contributed by atoms with Gasteiger partial charge in [0.2, 0.25) is 0 Å². The Labute approximate surface area is 169 Å². The molecule has 28 heavy (non-hydrogen) atoms. The molecule has 0 aliphatic carbocycles. The molecule has 0 saturated heterocycles. The van der Waals surface area contributed by atoms with Crippen molar-refractivity contribution in [1.29, 1.82) is 0 Å². The number of nitrogens with two attached hydrogens (primary N) is 1. The van der Waals surface area contributed by atoms with Crippen molar-refractivity contribution in [2.24, 2.45) is 5.73 Å². The second-order valence-corrected chi connectivity index (χ2v) is 8.02. The molecule has 3 rings (SSSR count). The monoisotopic (exact) mass is 395 g/mol. The van der Waals surface area contributed by atoms with Crippen LogP contribution in [0.3, 0.4) is 0 Å². The van der Waals surface area contributed by atoms with Crippen molar-refractivity contribution in [3.05, 3.63) is 77.2 Å². The summed E-state index contributed by atoms with van der Waals surface area (Å²) in [5, 5.41) is 1.16. The van der Waals surface area contributed by atoms with Crippen LogP contribution in [0.1, 0.15) is 42.0 Å². The molecule has 1 aromatic carbocycles. The first-order valence-corrected chi connectivity index (χ1v) is 10.0. The quantitative estimate of drug-likeness (QED) is 0.603. The Morgan fingerprint density at radius 2 is 1.93 bits per heavy atom. The number of hydrogen-bond donors (Lipinski definition) is 1. The van der Waals surface area contributed by atoms with Crippen molar-refractivity contribution < 1.29 is 9.53 Å². The van der Waals surface area contributed by atoms with Gasteiger partial charge < -0.3 is 15.0 Å². The molecule has 0 unspecified atom stereocenters. The fourth-order valence-electron chi connectivity index (χ4n) is 3.18. The van der Waals surface area contributed by atoms with E-state index >= 15 is 0 Å². The molecule has 0 atom stereocenters. The standard InChI is InChI=1S/C22H25N3O2S/c1-15(2)20-18(14-27-22(23)26)13-25(12-17-8-10-24-11-9-17)21(20)28-19-7-5-4-6-16(19)3/h4-11,13,15H,12,14H2,1-3H3,(H2,23,26). The van der Waals surface area contributed by atoms with Crippen molar-refractivity contribution in [2.45, 2.75) is 49.8 Å². The molecule has 5 nitrogen and oxygen atoms in total. The lowest BCUT2D eigenvalue weighted by atomic mass is 10.0. The molecular formula is C22H25N3O2S. The van der Waals surface area contributed by atoms with Crippen LogP contribution in [0.15, 0.2) is 64.9 Å². The lowest BCUT2D eigenvalue weighted by molar-refractivity contribution is 0.150. The number of amides is 1. The lowest BCUT2D eigenvalue weighted by Crippen LogP contribution is -2.13. The minimum atomic E-state index is -0.760. The highest BCUT2D eigenvalue weighted by molar-refractivity contribution is 7.99. The van der Waals surface area contributed by atoms with E-state index in [-0.39, 0.29) is 12.5 Å². The summed E-state index contributed by atoms with van der Waals surface area (Å²) < 4.78 is 7.34. The Balaban J connectivity index is 2.06. The van der Waals surface area contributed by atoms with Gasteiger partial charge in [-0.05, 0) is 47.7 Å². The van der Waals surface area contributed by atoms with Gasteiger partial charge in [-0.2, -0.15) is 0 Å². The molecule has 1 amide bonds. The Kier molecular flexibility index (Phi) is 6.41. The van der Waals surface area contributed by atoms with E-state index in [1.165, 1.54) is 16.0 Å². The molecule has 0 aliphatic heterocycles. The normalized spacial score (nSPS) is 11.0. The van der Waals surface area contributed by atoms with Crippen LogP contribution in [0.4, 0.5) is 4.79 Å². The number of nitrogens with zero attached hydrogens (tertiary/aromatic N) is 2. The van der Waals surface area contributed by atoms with E-state index in [9.17, 15) is 4.79 Å². The van der Waals surface area contributed by atoms with Crippen LogP contribution in [0, 0.1) is 6.92 Å². The first-order chi connectivity index (χ1) is 13.5. The molecule has 0 bridgehead atoms. The molecule has 2 aromatic heterocycles. The van der Waals surface area contributed by atoms with Gasteiger partial charge in [0.15, 0.2) is 0 Å². The van der Waals surface area contributed by atoms with Crippen molar-refractivity contribution in [2.75, 3.05) is 0 Å². The van der Waals surface area contributed by atoms with Crippen molar-refractivity contribution in [1.82, 2.24) is 9.55 Å². The van der Waals surface area contributed by atoms with Crippen molar-refractivity contribution in [3.8, 4) is 0 Å². The zero-order valence-corrected chi connectivity index (χ0v) is 17.2. The van der Waals surface area contributed by atoms with E-state index in [0.29, 0.717) is 6.54 Å². The second kappa shape index (κ2) is 8.97. The summed E-state index contributed by atoms with van der Waals surface area (Å²) in [6.45, 7) is 7.31. The zero-order chi connectivity index (χ0) is 20.1. The van der Waals surface area contributed by atoms with Gasteiger partial charge in [0, 0.05) is 35.6 Å². The predicted molar refractivity (Wildman–Crippen MR) is 112 cm³/mol. The van der Waals surface area contributed by atoms with E-state index in [1.54, 1.807) is 24.2 Å². The van der Waals surface area contributed by atoms with Crippen LogP contribution < -0.4 is 5.73 Å². The van der Waals surface area contributed by atoms with Gasteiger partial charge in [0.1, 0.15) is 6.61 Å². The molecule has 2 N–H and O–H groups in total. The highest BCUT2D eigenvalue weighted by Crippen LogP contribution is 2.39. The number of carbonyl (C=O) groups is 1. The van der Waals surface area contributed by atoms with E-state index in [1.807, 2.05) is 18.2 Å². The third kappa shape index (κ3) is 4.75. The Morgan fingerprint density at radius 3 is 2.57 bits per heavy atom. The summed E-state index contributed by atoms with van der Waals surface area (Å²) in [5.41, 5.74) is 9.76. The third-order valence-corrected chi connectivity index (χ3v) is 5.82. The zero-order valence-electron chi connectivity index (χ0n) is 16.4. The van der Waals surface area contributed by atoms with Gasteiger partial charge in [0.05, 0.1) is 5.03 Å². The van der Waals surface area contributed by atoms with Gasteiger partial charge in [0.25, 0.3) is 0 Å². The molecule has 0 fully saturated rings. The second-order valence-electron chi connectivity index (χ2n) is 6.99. The van der Waals surface area contributed by atoms with E-state index < -0.39 is 6.09 Å². The van der Waals surface area contributed by atoms with Gasteiger partial charge in [-0.3, -0.25) is 4.98 Å². The molecule has 0 spiro atoms. The van der Waals surface area contributed by atoms with Crippen LogP contribution in [-0.4, -0.2) is 15.6 Å². The maximum atomic E-state index is 11.2. The van der Waals surface area contributed by atoms with Crippen LogP contribution in [0.2, 0.25) is 0 Å². The Morgan fingerprint density at radius 1 is 1.21 bits per heavy atom. The average molecular weight is 396 g/mol. The fourth-order valence-corrected chi connectivity index (χ4v) is 4.48. The first-order valence-electron chi connectivity index (χ1n) is 9.22. The fraction of sp³-hybridized carbons (Fsp3) is 0.273. The topological polar surface area (TPSA) is 70.1 Å². The molecule has 146 valence electrons. The molecule has 0 aliphatic rings. The molecule has 0 radical (unpaired) electrons. The van der Waals surface area contributed by atoms with Gasteiger partial charge in [-0.15, -0.1) is 0 Å². The summed E-state index contributed by atoms with van der Waals surface area (Å²) in [6.07, 6.45) is 4.91. The van der Waals surface area contributed by atoms with Crippen LogP contribution >= 0.6 is 11.8 Å². The number of hydrogen-bond acceptors (Lipinski definition) is 4. The van der Waals surface area contributed by atoms with E-state index in [4.69, 9.17) is 10.5 Å². The molecule has 0 saturated carbocycles. The molecule has 2 heterocycles. The van der Waals surface area contributed by atoms with E-state index in [0.717, 1.165) is 16.2 Å². The van der Waals surface area contributed by atoms with Crippen molar-refractivity contribution in [3.63, 3.8) is 0 Å². The number of aromatic nitrogens is 2. The van der Waals surface area contributed by atoms with Crippen LogP contribution in [0.25, 0.3) is 0 Å². The Bertz CT molecular complexity index is 952. The smallest absolute Gasteiger partial charge is 0.404 e. The Hall–Kier alpha value is -2.73. The summed E-state index contributed by atoms with van der Waals surface area (Å²) >= 11 is 1.75. The summed E-state index contributed by atoms with van der Waals surface area (Å²) in [4.78, 5) is 16.5. The lowest BCUT2D eigenvalue weighted by Gasteiger charge is -2.15. The number of rotatable bonds is 7. The van der Waals surface area contributed by atoms with Crippen molar-refractivity contribution >= 4 is 17.9 Å². The molecular weight excluding hydrogens is 370 g/mol. The van der Waals surface area contributed by atoms with Crippen LogP contribution in [-0.2, 0) is 17.9 Å². The van der Waals surface area contributed by atoms with E-state index in [2.05, 4.69) is 54.7 Å².